The highest BCUT2D eigenvalue weighted by molar-refractivity contribution is 5.72. The molecule has 0 radical (unpaired) electrons. The van der Waals surface area contributed by atoms with Gasteiger partial charge in [0, 0.05) is 4.28 Å². The Morgan fingerprint density at radius 3 is 1.30 bits per heavy atom. The highest BCUT2D eigenvalue weighted by Crippen LogP contribution is 2.43. The molecule has 0 amide bonds. The van der Waals surface area contributed by atoms with Crippen LogP contribution in [0.3, 0.4) is 0 Å². The van der Waals surface area contributed by atoms with Gasteiger partial charge >= 0.3 is 5.97 Å². The van der Waals surface area contributed by atoms with E-state index < -0.39 is 0 Å². The van der Waals surface area contributed by atoms with Gasteiger partial charge in [-0.15, -0.1) is 0 Å². The van der Waals surface area contributed by atoms with Gasteiger partial charge in [-0.3, -0.25) is 4.79 Å². The number of carbonyl (C=O) groups is 1. The molecule has 0 atom stereocenters. The molecule has 4 rings (SSSR count). The van der Waals surface area contributed by atoms with Gasteiger partial charge in [0.2, 0.25) is 0 Å². The molecule has 0 spiro atoms. The summed E-state index contributed by atoms with van der Waals surface area (Å²) in [6.07, 6.45) is 21.2. The molecule has 4 fully saturated rings. The second-order valence-corrected chi connectivity index (χ2v) is 11.6. The van der Waals surface area contributed by atoms with Crippen LogP contribution in [-0.4, -0.2) is 17.5 Å². The fourth-order valence-electron chi connectivity index (χ4n) is 7.28. The number of esters is 1. The molecule has 3 heteroatoms. The molecule has 4 aliphatic carbocycles. The predicted octanol–water partition coefficient (Wildman–Crippen LogP) is 7.46. The minimum Gasteiger partial charge on any atom is -0.462 e. The number of hydrogen-bond donors (Lipinski definition) is 0. The van der Waals surface area contributed by atoms with Crippen LogP contribution < -0.4 is 0 Å². The summed E-state index contributed by atoms with van der Waals surface area (Å²) in [6.45, 7) is 4.82. The summed E-state index contributed by atoms with van der Waals surface area (Å²) in [6, 6.07) is 0. The second kappa shape index (κ2) is 11.3. The molecule has 30 heavy (non-hydrogen) atoms. The van der Waals surface area contributed by atoms with E-state index in [1.54, 1.807) is 0 Å². The SMILES string of the molecule is CC1CCC(C2CCC(OC(=O)C3CCC(C4CCC(C)CC4)CC3)CC2)CC1.O.[HH].[HH].[HH]. The molecule has 0 saturated heterocycles. The molecule has 0 aromatic carbocycles. The Hall–Kier alpha value is -0.570. The van der Waals surface area contributed by atoms with Crippen LogP contribution >= 0.6 is 0 Å². The number of hydrogen-bond acceptors (Lipinski definition) is 2. The van der Waals surface area contributed by atoms with Gasteiger partial charge in [0.05, 0.1) is 5.92 Å². The molecule has 0 bridgehead atoms. The van der Waals surface area contributed by atoms with Crippen molar-refractivity contribution in [3.63, 3.8) is 0 Å². The molecule has 0 unspecified atom stereocenters. The summed E-state index contributed by atoms with van der Waals surface area (Å²) in [4.78, 5) is 12.8. The van der Waals surface area contributed by atoms with Crippen LogP contribution in [0.2, 0.25) is 0 Å². The number of carbonyl (C=O) groups excluding carboxylic acids is 1. The van der Waals surface area contributed by atoms with Gasteiger partial charge < -0.3 is 10.2 Å². The molecule has 4 aliphatic rings. The van der Waals surface area contributed by atoms with Crippen molar-refractivity contribution in [3.8, 4) is 0 Å². The Bertz CT molecular complexity index is 515. The molecule has 2 N–H and O–H groups in total. The summed E-state index contributed by atoms with van der Waals surface area (Å²) in [5.74, 6) is 5.94. The van der Waals surface area contributed by atoms with Crippen molar-refractivity contribution in [2.24, 2.45) is 41.4 Å². The molecular weight excluding hydrogens is 372 g/mol. The lowest BCUT2D eigenvalue weighted by Gasteiger charge is -2.38. The van der Waals surface area contributed by atoms with E-state index in [0.717, 1.165) is 61.2 Å². The van der Waals surface area contributed by atoms with E-state index in [0.29, 0.717) is 0 Å². The molecular formula is C27H54O3. The van der Waals surface area contributed by atoms with Crippen LogP contribution in [0.15, 0.2) is 0 Å². The molecule has 3 nitrogen and oxygen atoms in total. The Morgan fingerprint density at radius 1 is 0.567 bits per heavy atom. The minimum absolute atomic E-state index is 0. The maximum atomic E-state index is 12.8. The first kappa shape index (κ1) is 24.1. The Balaban J connectivity index is 0.00000256. The van der Waals surface area contributed by atoms with Crippen LogP contribution in [0.5, 0.6) is 0 Å². The van der Waals surface area contributed by atoms with Crippen molar-refractivity contribution >= 4 is 5.97 Å². The van der Waals surface area contributed by atoms with Gasteiger partial charge in [-0.05, 0) is 113 Å². The van der Waals surface area contributed by atoms with Crippen molar-refractivity contribution < 1.29 is 19.3 Å². The Kier molecular flexibility index (Phi) is 9.10. The third-order valence-corrected chi connectivity index (χ3v) is 9.56. The van der Waals surface area contributed by atoms with E-state index in [9.17, 15) is 4.79 Å². The topological polar surface area (TPSA) is 57.8 Å². The van der Waals surface area contributed by atoms with Gasteiger partial charge in [0.25, 0.3) is 0 Å². The fourth-order valence-corrected chi connectivity index (χ4v) is 7.28. The molecule has 0 aliphatic heterocycles. The Labute approximate surface area is 189 Å². The molecule has 0 aromatic rings. The van der Waals surface area contributed by atoms with E-state index >= 15 is 0 Å². The molecule has 180 valence electrons. The second-order valence-electron chi connectivity index (χ2n) is 11.6. The van der Waals surface area contributed by atoms with E-state index in [4.69, 9.17) is 4.74 Å². The zero-order valence-corrected chi connectivity index (χ0v) is 19.7. The lowest BCUT2D eigenvalue weighted by Crippen LogP contribution is -2.33. The zero-order chi connectivity index (χ0) is 20.2. The van der Waals surface area contributed by atoms with Gasteiger partial charge in [0.1, 0.15) is 6.10 Å². The first-order valence-electron chi connectivity index (χ1n) is 13.3. The lowest BCUT2D eigenvalue weighted by molar-refractivity contribution is -0.158. The van der Waals surface area contributed by atoms with Crippen LogP contribution in [-0.2, 0) is 9.53 Å². The van der Waals surface area contributed by atoms with Crippen molar-refractivity contribution in [1.29, 1.82) is 0 Å². The maximum absolute atomic E-state index is 12.8. The third kappa shape index (κ3) is 6.24. The van der Waals surface area contributed by atoms with Gasteiger partial charge in [-0.25, -0.2) is 0 Å². The van der Waals surface area contributed by atoms with Crippen molar-refractivity contribution in [3.05, 3.63) is 0 Å². The summed E-state index contributed by atoms with van der Waals surface area (Å²) in [7, 11) is 0. The van der Waals surface area contributed by atoms with Gasteiger partial charge in [0.15, 0.2) is 0 Å². The standard InChI is InChI=1S/C27H46O2.H2O.3H2/c1-19-3-7-21(8-4-19)23-11-13-25(14-12-23)27(28)29-26-17-15-24(16-18-26)22-9-5-20(2)6-10-22;;;;/h19-26H,3-18H2,1-2H3;1H2;3*1H. The first-order chi connectivity index (χ1) is 14.1. The molecule has 0 heterocycles. The normalized spacial score (nSPS) is 42.7. The van der Waals surface area contributed by atoms with Crippen molar-refractivity contribution in [1.82, 2.24) is 0 Å². The highest BCUT2D eigenvalue weighted by Gasteiger charge is 2.35. The van der Waals surface area contributed by atoms with Crippen LogP contribution in [0.1, 0.15) is 121 Å². The minimum atomic E-state index is 0. The first-order valence-corrected chi connectivity index (χ1v) is 13.3. The maximum Gasteiger partial charge on any atom is 0.309 e. The lowest BCUT2D eigenvalue weighted by atomic mass is 9.69. The number of ether oxygens (including phenoxy) is 1. The fraction of sp³-hybridized carbons (Fsp3) is 0.963. The van der Waals surface area contributed by atoms with E-state index in [1.165, 1.54) is 77.0 Å². The predicted molar refractivity (Wildman–Crippen MR) is 129 cm³/mol. The number of rotatable bonds is 4. The molecule has 4 saturated carbocycles. The van der Waals surface area contributed by atoms with E-state index in [-0.39, 0.29) is 27.7 Å². The van der Waals surface area contributed by atoms with Crippen molar-refractivity contribution in [2.75, 3.05) is 0 Å². The smallest absolute Gasteiger partial charge is 0.309 e. The average molecular weight is 427 g/mol. The van der Waals surface area contributed by atoms with Gasteiger partial charge in [-0.2, -0.15) is 0 Å². The average Bonchev–Trinajstić information content (AvgIpc) is 2.76. The van der Waals surface area contributed by atoms with Gasteiger partial charge in [-0.1, -0.05) is 39.5 Å². The van der Waals surface area contributed by atoms with Crippen molar-refractivity contribution in [2.45, 2.75) is 123 Å². The largest absolute Gasteiger partial charge is 0.462 e. The third-order valence-electron chi connectivity index (χ3n) is 9.56. The summed E-state index contributed by atoms with van der Waals surface area (Å²) in [5.41, 5.74) is 0. The quantitative estimate of drug-likeness (QED) is 0.438. The Morgan fingerprint density at radius 2 is 0.900 bits per heavy atom. The van der Waals surface area contributed by atoms with Crippen LogP contribution in [0.25, 0.3) is 0 Å². The highest BCUT2D eigenvalue weighted by atomic mass is 16.5. The van der Waals surface area contributed by atoms with Crippen LogP contribution in [0, 0.1) is 41.4 Å². The summed E-state index contributed by atoms with van der Waals surface area (Å²) < 4.78 is 6.04. The summed E-state index contributed by atoms with van der Waals surface area (Å²) >= 11 is 0. The zero-order valence-electron chi connectivity index (χ0n) is 19.7. The monoisotopic (exact) mass is 426 g/mol. The summed E-state index contributed by atoms with van der Waals surface area (Å²) in [5, 5.41) is 0. The molecule has 0 aromatic heterocycles. The van der Waals surface area contributed by atoms with E-state index in [1.807, 2.05) is 0 Å². The van der Waals surface area contributed by atoms with Crippen LogP contribution in [0.4, 0.5) is 0 Å². The van der Waals surface area contributed by atoms with E-state index in [2.05, 4.69) is 13.8 Å².